The van der Waals surface area contributed by atoms with Gasteiger partial charge in [-0.1, -0.05) is 31.9 Å². The molecule has 2 fully saturated rings. The molecule has 3 nitrogen and oxygen atoms in total. The van der Waals surface area contributed by atoms with Gasteiger partial charge in [0.2, 0.25) is 0 Å². The van der Waals surface area contributed by atoms with Crippen LogP contribution in [-0.4, -0.2) is 19.7 Å². The molecule has 0 bridgehead atoms. The quantitative estimate of drug-likeness (QED) is 0.329. The number of hydrogen-bond acceptors (Lipinski definition) is 3. The fourth-order valence-corrected chi connectivity index (χ4v) is 3.59. The fraction of sp³-hybridized carbons (Fsp3) is 0.650. The second kappa shape index (κ2) is 7.36. The largest absolute Gasteiger partial charge is 0.417 e. The Hall–Kier alpha value is -1.53. The first kappa shape index (κ1) is 17.8. The Morgan fingerprint density at radius 2 is 2.00 bits per heavy atom. The van der Waals surface area contributed by atoms with E-state index in [4.69, 9.17) is 15.9 Å². The molecule has 0 spiro atoms. The average molecular weight is 316 g/mol. The van der Waals surface area contributed by atoms with Crippen LogP contribution in [0.3, 0.4) is 0 Å². The highest BCUT2D eigenvalue weighted by atomic mass is 16.5. The van der Waals surface area contributed by atoms with Crippen LogP contribution in [0.25, 0.3) is 0 Å². The standard InChI is InChI=1S/C20H28O3/c1-6-17(15-10-8-7-9-11-15)23-19(21)18-16(20(18,3)4)12-14(2)13-22-5/h1,12,16,18H,7-11,13H2,2-5H3. The van der Waals surface area contributed by atoms with E-state index in [9.17, 15) is 4.79 Å². The number of esters is 1. The van der Waals surface area contributed by atoms with Gasteiger partial charge in [-0.15, -0.1) is 6.42 Å². The maximum atomic E-state index is 12.6. The number of allylic oxidation sites excluding steroid dienone is 3. The number of carbonyl (C=O) groups is 1. The van der Waals surface area contributed by atoms with Crippen molar-refractivity contribution < 1.29 is 14.3 Å². The Balaban J connectivity index is 2.06. The van der Waals surface area contributed by atoms with Crippen LogP contribution in [0.1, 0.15) is 52.9 Å². The van der Waals surface area contributed by atoms with Crippen LogP contribution >= 0.6 is 0 Å². The molecule has 2 saturated carbocycles. The lowest BCUT2D eigenvalue weighted by atomic mass is 9.94. The van der Waals surface area contributed by atoms with Crippen molar-refractivity contribution in [3.8, 4) is 12.3 Å². The summed E-state index contributed by atoms with van der Waals surface area (Å²) in [6.07, 6.45) is 13.1. The summed E-state index contributed by atoms with van der Waals surface area (Å²) in [5, 5.41) is 0. The molecule has 0 aromatic heterocycles. The molecule has 23 heavy (non-hydrogen) atoms. The van der Waals surface area contributed by atoms with E-state index in [1.807, 2.05) is 6.92 Å². The van der Waals surface area contributed by atoms with Crippen LogP contribution in [0.5, 0.6) is 0 Å². The zero-order chi connectivity index (χ0) is 17.0. The molecule has 0 heterocycles. The third kappa shape index (κ3) is 4.06. The van der Waals surface area contributed by atoms with E-state index in [1.54, 1.807) is 7.11 Å². The van der Waals surface area contributed by atoms with Crippen molar-refractivity contribution in [1.82, 2.24) is 0 Å². The van der Waals surface area contributed by atoms with Gasteiger partial charge in [0.05, 0.1) is 12.5 Å². The molecule has 0 aromatic rings. The lowest BCUT2D eigenvalue weighted by molar-refractivity contribution is -0.141. The number of hydrogen-bond donors (Lipinski definition) is 0. The SMILES string of the molecule is C#CC(OC(=O)C1C(C=C(C)COC)C1(C)C)=C1CCCCC1. The van der Waals surface area contributed by atoms with Gasteiger partial charge < -0.3 is 9.47 Å². The minimum atomic E-state index is -0.188. The third-order valence-corrected chi connectivity index (χ3v) is 5.11. The van der Waals surface area contributed by atoms with Crippen LogP contribution in [0.4, 0.5) is 0 Å². The van der Waals surface area contributed by atoms with Gasteiger partial charge in [-0.05, 0) is 55.4 Å². The predicted molar refractivity (Wildman–Crippen MR) is 91.4 cm³/mol. The number of terminal acetylenes is 1. The van der Waals surface area contributed by atoms with Crippen molar-refractivity contribution in [2.24, 2.45) is 17.3 Å². The topological polar surface area (TPSA) is 35.5 Å². The van der Waals surface area contributed by atoms with Crippen molar-refractivity contribution >= 4 is 5.97 Å². The van der Waals surface area contributed by atoms with Crippen LogP contribution in [0.2, 0.25) is 0 Å². The highest BCUT2D eigenvalue weighted by Crippen LogP contribution is 2.60. The predicted octanol–water partition coefficient (Wildman–Crippen LogP) is 4.25. The van der Waals surface area contributed by atoms with Gasteiger partial charge >= 0.3 is 5.97 Å². The summed E-state index contributed by atoms with van der Waals surface area (Å²) in [6.45, 7) is 6.82. The van der Waals surface area contributed by atoms with Crippen LogP contribution in [-0.2, 0) is 14.3 Å². The van der Waals surface area contributed by atoms with E-state index in [0.29, 0.717) is 12.4 Å². The molecule has 0 aliphatic heterocycles. The maximum Gasteiger partial charge on any atom is 0.316 e. The van der Waals surface area contributed by atoms with Crippen LogP contribution in [0.15, 0.2) is 23.0 Å². The van der Waals surface area contributed by atoms with E-state index in [0.717, 1.165) is 36.8 Å². The summed E-state index contributed by atoms with van der Waals surface area (Å²) in [7, 11) is 1.68. The van der Waals surface area contributed by atoms with Crippen LogP contribution < -0.4 is 0 Å². The zero-order valence-corrected chi connectivity index (χ0v) is 14.8. The fourth-order valence-electron chi connectivity index (χ4n) is 3.59. The lowest BCUT2D eigenvalue weighted by Gasteiger charge is -2.16. The Bertz CT molecular complexity index is 552. The molecule has 2 aliphatic carbocycles. The summed E-state index contributed by atoms with van der Waals surface area (Å²) in [5.41, 5.74) is 2.19. The Morgan fingerprint density at radius 1 is 1.35 bits per heavy atom. The number of rotatable bonds is 5. The Morgan fingerprint density at radius 3 is 2.57 bits per heavy atom. The summed E-state index contributed by atoms with van der Waals surface area (Å²) < 4.78 is 10.8. The molecule has 0 N–H and O–H groups in total. The maximum absolute atomic E-state index is 12.6. The minimum Gasteiger partial charge on any atom is -0.417 e. The Labute approximate surface area is 140 Å². The highest BCUT2D eigenvalue weighted by molar-refractivity contribution is 5.79. The number of carbonyl (C=O) groups excluding carboxylic acids is 1. The molecular formula is C20H28O3. The number of ether oxygens (including phenoxy) is 2. The van der Waals surface area contributed by atoms with Crippen molar-refractivity contribution in [2.45, 2.75) is 52.9 Å². The molecular weight excluding hydrogens is 288 g/mol. The molecule has 0 amide bonds. The summed E-state index contributed by atoms with van der Waals surface area (Å²) in [4.78, 5) is 12.6. The highest BCUT2D eigenvalue weighted by Gasteiger charge is 2.61. The monoisotopic (exact) mass is 316 g/mol. The van der Waals surface area contributed by atoms with Crippen molar-refractivity contribution in [2.75, 3.05) is 13.7 Å². The molecule has 2 unspecified atom stereocenters. The summed E-state index contributed by atoms with van der Waals surface area (Å²) >= 11 is 0. The van der Waals surface area contributed by atoms with Gasteiger partial charge in [0.25, 0.3) is 0 Å². The lowest BCUT2D eigenvalue weighted by Crippen LogP contribution is -2.12. The van der Waals surface area contributed by atoms with Crippen molar-refractivity contribution in [3.63, 3.8) is 0 Å². The van der Waals surface area contributed by atoms with Gasteiger partial charge in [0.15, 0.2) is 5.76 Å². The molecule has 0 saturated heterocycles. The van der Waals surface area contributed by atoms with E-state index in [1.165, 1.54) is 6.42 Å². The van der Waals surface area contributed by atoms with E-state index in [2.05, 4.69) is 25.8 Å². The molecule has 2 atom stereocenters. The minimum absolute atomic E-state index is 0.0803. The van der Waals surface area contributed by atoms with Crippen molar-refractivity contribution in [3.05, 3.63) is 23.0 Å². The second-order valence-electron chi connectivity index (χ2n) is 7.33. The first-order valence-corrected chi connectivity index (χ1v) is 8.48. The van der Waals surface area contributed by atoms with E-state index < -0.39 is 0 Å². The Kier molecular flexibility index (Phi) is 5.70. The van der Waals surface area contributed by atoms with Crippen molar-refractivity contribution in [1.29, 1.82) is 0 Å². The first-order valence-electron chi connectivity index (χ1n) is 8.48. The third-order valence-electron chi connectivity index (χ3n) is 5.11. The van der Waals surface area contributed by atoms with Crippen LogP contribution in [0, 0.1) is 29.6 Å². The summed E-state index contributed by atoms with van der Waals surface area (Å²) in [6, 6.07) is 0. The van der Waals surface area contributed by atoms with Gasteiger partial charge in [-0.3, -0.25) is 4.79 Å². The van der Waals surface area contributed by atoms with Gasteiger partial charge in [0.1, 0.15) is 0 Å². The van der Waals surface area contributed by atoms with Gasteiger partial charge in [0, 0.05) is 7.11 Å². The molecule has 2 aliphatic rings. The molecule has 126 valence electrons. The second-order valence-corrected chi connectivity index (χ2v) is 7.33. The summed E-state index contributed by atoms with van der Waals surface area (Å²) in [5.74, 6) is 2.94. The normalized spacial score (nSPS) is 26.4. The van der Waals surface area contributed by atoms with E-state index >= 15 is 0 Å². The molecule has 0 radical (unpaired) electrons. The number of methoxy groups -OCH3 is 1. The molecule has 0 aromatic carbocycles. The van der Waals surface area contributed by atoms with Gasteiger partial charge in [-0.25, -0.2) is 0 Å². The van der Waals surface area contributed by atoms with Gasteiger partial charge in [-0.2, -0.15) is 0 Å². The molecule has 3 heteroatoms. The van der Waals surface area contributed by atoms with E-state index in [-0.39, 0.29) is 23.2 Å². The molecule has 2 rings (SSSR count). The smallest absolute Gasteiger partial charge is 0.316 e. The first-order chi connectivity index (χ1) is 10.9. The average Bonchev–Trinajstić information content (AvgIpc) is 3.06. The zero-order valence-electron chi connectivity index (χ0n) is 14.8.